The van der Waals surface area contributed by atoms with Crippen LogP contribution in [0.25, 0.3) is 5.52 Å². The predicted octanol–water partition coefficient (Wildman–Crippen LogP) is 1.65. The minimum absolute atomic E-state index is 0.851. The normalized spacial score (nSPS) is 10.5. The van der Waals surface area contributed by atoms with Crippen molar-refractivity contribution in [3.63, 3.8) is 0 Å². The van der Waals surface area contributed by atoms with Gasteiger partial charge in [0.1, 0.15) is 11.6 Å². The summed E-state index contributed by atoms with van der Waals surface area (Å²) in [5, 5.41) is 0. The van der Waals surface area contributed by atoms with Crippen molar-refractivity contribution in [3.8, 4) is 5.75 Å². The Hall–Kier alpha value is -1.51. The quantitative estimate of drug-likeness (QED) is 0.637. The minimum Gasteiger partial charge on any atom is -0.495 e. The molecule has 0 amide bonds. The third kappa shape index (κ3) is 0.942. The van der Waals surface area contributed by atoms with Gasteiger partial charge in [0, 0.05) is 0 Å². The lowest BCUT2D eigenvalue weighted by Crippen LogP contribution is -1.89. The van der Waals surface area contributed by atoms with E-state index in [0.29, 0.717) is 0 Å². The highest BCUT2D eigenvalue weighted by Crippen LogP contribution is 2.13. The van der Waals surface area contributed by atoms with Gasteiger partial charge in [-0.3, -0.25) is 0 Å². The van der Waals surface area contributed by atoms with Gasteiger partial charge >= 0.3 is 0 Å². The molecule has 0 bridgehead atoms. The number of nitrogens with zero attached hydrogens (tertiary/aromatic N) is 2. The van der Waals surface area contributed by atoms with Crippen LogP contribution in [0.1, 0.15) is 5.82 Å². The number of imidazole rings is 1. The van der Waals surface area contributed by atoms with E-state index in [2.05, 4.69) is 4.98 Å². The molecule has 2 aromatic heterocycles. The zero-order chi connectivity index (χ0) is 8.55. The maximum Gasteiger partial charge on any atom is 0.135 e. The van der Waals surface area contributed by atoms with E-state index in [0.717, 1.165) is 17.1 Å². The molecule has 0 aliphatic carbocycles. The molecular formula is C9H10N2O. The molecule has 0 aliphatic heterocycles. The van der Waals surface area contributed by atoms with E-state index in [4.69, 9.17) is 4.74 Å². The number of ether oxygens (including phenoxy) is 1. The summed E-state index contributed by atoms with van der Waals surface area (Å²) in [5.74, 6) is 1.83. The Morgan fingerprint density at radius 2 is 2.25 bits per heavy atom. The fourth-order valence-corrected chi connectivity index (χ4v) is 1.22. The van der Waals surface area contributed by atoms with E-state index in [1.807, 2.05) is 35.9 Å². The van der Waals surface area contributed by atoms with Gasteiger partial charge in [-0.2, -0.15) is 0 Å². The fraction of sp³-hybridized carbons (Fsp3) is 0.222. The highest BCUT2D eigenvalue weighted by atomic mass is 16.5. The zero-order valence-corrected chi connectivity index (χ0v) is 7.11. The van der Waals surface area contributed by atoms with Crippen LogP contribution < -0.4 is 4.74 Å². The second kappa shape index (κ2) is 2.52. The molecule has 0 aliphatic rings. The van der Waals surface area contributed by atoms with Gasteiger partial charge in [-0.15, -0.1) is 0 Å². The molecule has 0 radical (unpaired) electrons. The number of hydrogen-bond donors (Lipinski definition) is 0. The molecule has 2 aromatic rings. The molecule has 0 aromatic carbocycles. The molecule has 0 spiro atoms. The summed E-state index contributed by atoms with van der Waals surface area (Å²) in [6.45, 7) is 1.96. The molecule has 0 N–H and O–H groups in total. The SMILES string of the molecule is COc1ccc2cnc(C)n2c1. The van der Waals surface area contributed by atoms with Gasteiger partial charge in [-0.1, -0.05) is 0 Å². The van der Waals surface area contributed by atoms with Gasteiger partial charge in [0.05, 0.1) is 25.0 Å². The Labute approximate surface area is 70.6 Å². The van der Waals surface area contributed by atoms with Crippen molar-refractivity contribution in [2.75, 3.05) is 7.11 Å². The number of methoxy groups -OCH3 is 1. The summed E-state index contributed by atoms with van der Waals surface area (Å²) in [5.41, 5.74) is 1.09. The second-order valence-corrected chi connectivity index (χ2v) is 2.67. The molecule has 3 nitrogen and oxygen atoms in total. The van der Waals surface area contributed by atoms with Crippen molar-refractivity contribution in [3.05, 3.63) is 30.4 Å². The van der Waals surface area contributed by atoms with Gasteiger partial charge in [-0.25, -0.2) is 4.98 Å². The van der Waals surface area contributed by atoms with Crippen molar-refractivity contribution in [2.45, 2.75) is 6.92 Å². The Morgan fingerprint density at radius 3 is 3.00 bits per heavy atom. The summed E-state index contributed by atoms with van der Waals surface area (Å²) < 4.78 is 7.10. The van der Waals surface area contributed by atoms with E-state index >= 15 is 0 Å². The highest BCUT2D eigenvalue weighted by Gasteiger charge is 1.98. The van der Waals surface area contributed by atoms with Crippen LogP contribution in [0.4, 0.5) is 0 Å². The maximum absolute atomic E-state index is 5.10. The molecule has 2 rings (SSSR count). The number of aromatic nitrogens is 2. The fourth-order valence-electron chi connectivity index (χ4n) is 1.22. The van der Waals surface area contributed by atoms with Crippen LogP contribution in [0.15, 0.2) is 24.5 Å². The van der Waals surface area contributed by atoms with Crippen LogP contribution in [0.2, 0.25) is 0 Å². The number of aryl methyl sites for hydroxylation is 1. The van der Waals surface area contributed by atoms with Crippen molar-refractivity contribution >= 4 is 5.52 Å². The second-order valence-electron chi connectivity index (χ2n) is 2.67. The topological polar surface area (TPSA) is 26.5 Å². The molecular weight excluding hydrogens is 152 g/mol. The van der Waals surface area contributed by atoms with E-state index in [9.17, 15) is 0 Å². The van der Waals surface area contributed by atoms with Gasteiger partial charge in [0.15, 0.2) is 0 Å². The van der Waals surface area contributed by atoms with Crippen LogP contribution in [0.5, 0.6) is 5.75 Å². The first-order valence-electron chi connectivity index (χ1n) is 3.79. The number of pyridine rings is 1. The first-order valence-corrected chi connectivity index (χ1v) is 3.79. The number of hydrogen-bond acceptors (Lipinski definition) is 2. The average molecular weight is 162 g/mol. The summed E-state index contributed by atoms with van der Waals surface area (Å²) in [7, 11) is 1.66. The Kier molecular flexibility index (Phi) is 1.50. The minimum atomic E-state index is 0.851. The first-order chi connectivity index (χ1) is 5.81. The molecule has 0 atom stereocenters. The van der Waals surface area contributed by atoms with Crippen molar-refractivity contribution in [2.24, 2.45) is 0 Å². The lowest BCUT2D eigenvalue weighted by atomic mass is 10.4. The number of fused-ring (bicyclic) bond motifs is 1. The molecule has 2 heterocycles. The summed E-state index contributed by atoms with van der Waals surface area (Å²) in [6, 6.07) is 3.91. The van der Waals surface area contributed by atoms with Crippen LogP contribution >= 0.6 is 0 Å². The third-order valence-corrected chi connectivity index (χ3v) is 1.92. The summed E-state index contributed by atoms with van der Waals surface area (Å²) >= 11 is 0. The van der Waals surface area contributed by atoms with Crippen LogP contribution in [-0.2, 0) is 0 Å². The van der Waals surface area contributed by atoms with Crippen molar-refractivity contribution in [1.82, 2.24) is 9.38 Å². The van der Waals surface area contributed by atoms with E-state index in [1.165, 1.54) is 0 Å². The molecule has 0 unspecified atom stereocenters. The molecule has 0 saturated carbocycles. The lowest BCUT2D eigenvalue weighted by molar-refractivity contribution is 0.412. The standard InChI is InChI=1S/C9H10N2O/c1-7-10-5-8-3-4-9(12-2)6-11(7)8/h3-6H,1-2H3. The molecule has 12 heavy (non-hydrogen) atoms. The molecule has 0 fully saturated rings. The van der Waals surface area contributed by atoms with E-state index in [1.54, 1.807) is 7.11 Å². The Balaban J connectivity index is 2.71. The smallest absolute Gasteiger partial charge is 0.135 e. The van der Waals surface area contributed by atoms with Crippen molar-refractivity contribution in [1.29, 1.82) is 0 Å². The largest absolute Gasteiger partial charge is 0.495 e. The van der Waals surface area contributed by atoms with Gasteiger partial charge in [0.25, 0.3) is 0 Å². The average Bonchev–Trinajstić information content (AvgIpc) is 2.47. The Morgan fingerprint density at radius 1 is 1.42 bits per heavy atom. The van der Waals surface area contributed by atoms with Crippen molar-refractivity contribution < 1.29 is 4.74 Å². The summed E-state index contributed by atoms with van der Waals surface area (Å²) in [6.07, 6.45) is 3.77. The first kappa shape index (κ1) is 7.16. The monoisotopic (exact) mass is 162 g/mol. The predicted molar refractivity (Wildman–Crippen MR) is 46.5 cm³/mol. The number of rotatable bonds is 1. The molecule has 0 saturated heterocycles. The van der Waals surface area contributed by atoms with E-state index in [-0.39, 0.29) is 0 Å². The van der Waals surface area contributed by atoms with Gasteiger partial charge < -0.3 is 9.14 Å². The Bertz CT molecular complexity index is 406. The van der Waals surface area contributed by atoms with Crippen LogP contribution in [0, 0.1) is 6.92 Å². The van der Waals surface area contributed by atoms with Crippen LogP contribution in [-0.4, -0.2) is 16.5 Å². The maximum atomic E-state index is 5.10. The lowest BCUT2D eigenvalue weighted by Gasteiger charge is -2.00. The zero-order valence-electron chi connectivity index (χ0n) is 7.11. The van der Waals surface area contributed by atoms with E-state index < -0.39 is 0 Å². The molecule has 3 heteroatoms. The highest BCUT2D eigenvalue weighted by molar-refractivity contribution is 5.48. The molecule has 62 valence electrons. The summed E-state index contributed by atoms with van der Waals surface area (Å²) in [4.78, 5) is 4.18. The third-order valence-electron chi connectivity index (χ3n) is 1.92. The van der Waals surface area contributed by atoms with Crippen LogP contribution in [0.3, 0.4) is 0 Å². The van der Waals surface area contributed by atoms with Gasteiger partial charge in [0.2, 0.25) is 0 Å². The van der Waals surface area contributed by atoms with Gasteiger partial charge in [-0.05, 0) is 19.1 Å².